The normalized spacial score (nSPS) is 11.2. The second kappa shape index (κ2) is 6.71. The van der Waals surface area contributed by atoms with E-state index >= 15 is 0 Å². The van der Waals surface area contributed by atoms with E-state index in [0.717, 1.165) is 0 Å². The van der Waals surface area contributed by atoms with E-state index in [1.54, 1.807) is 32.9 Å². The number of rotatable bonds is 3. The molecule has 0 aliphatic rings. The monoisotopic (exact) mass is 276 g/mol. The number of carbonyl (C=O) groups excluding carboxylic acids is 1. The molecule has 0 saturated carbocycles. The van der Waals surface area contributed by atoms with Crippen molar-refractivity contribution in [2.24, 2.45) is 0 Å². The Morgan fingerprint density at radius 2 is 2.20 bits per heavy atom. The Kier molecular flexibility index (Phi) is 5.27. The number of carbonyl (C=O) groups is 1. The Labute approximate surface area is 117 Å². The summed E-state index contributed by atoms with van der Waals surface area (Å²) in [6.45, 7) is 5.55. The first-order chi connectivity index (χ1) is 9.31. The first kappa shape index (κ1) is 15.7. The summed E-state index contributed by atoms with van der Waals surface area (Å²) in [6, 6.07) is 5.88. The maximum atomic E-state index is 13.1. The van der Waals surface area contributed by atoms with Crippen molar-refractivity contribution in [2.75, 3.05) is 6.54 Å². The van der Waals surface area contributed by atoms with Crippen LogP contribution in [0.25, 0.3) is 6.08 Å². The molecule has 20 heavy (non-hydrogen) atoms. The van der Waals surface area contributed by atoms with Gasteiger partial charge in [-0.3, -0.25) is 0 Å². The largest absolute Gasteiger partial charge is 0.444 e. The number of alkyl carbamates (subject to hydrolysis) is 1. The number of nitrogens with one attached hydrogen (secondary N) is 1. The first-order valence-electron chi connectivity index (χ1n) is 6.15. The molecule has 0 radical (unpaired) electrons. The van der Waals surface area contributed by atoms with E-state index in [2.05, 4.69) is 5.32 Å². The summed E-state index contributed by atoms with van der Waals surface area (Å²) in [6.07, 6.45) is 2.68. The van der Waals surface area contributed by atoms with Gasteiger partial charge < -0.3 is 10.1 Å². The number of hydrogen-bond donors (Lipinski definition) is 1. The molecule has 0 unspecified atom stereocenters. The summed E-state index contributed by atoms with van der Waals surface area (Å²) < 4.78 is 18.1. The van der Waals surface area contributed by atoms with Crippen LogP contribution < -0.4 is 5.32 Å². The summed E-state index contributed by atoms with van der Waals surface area (Å²) in [5.41, 5.74) is 0.294. The molecule has 106 valence electrons. The molecule has 4 nitrogen and oxygen atoms in total. The fourth-order valence-electron chi connectivity index (χ4n) is 1.42. The van der Waals surface area contributed by atoms with E-state index in [1.807, 2.05) is 6.07 Å². The smallest absolute Gasteiger partial charge is 0.407 e. The van der Waals surface area contributed by atoms with Crippen LogP contribution in [0.15, 0.2) is 24.3 Å². The fraction of sp³-hybridized carbons (Fsp3) is 0.333. The maximum absolute atomic E-state index is 13.1. The Morgan fingerprint density at radius 1 is 1.50 bits per heavy atom. The minimum absolute atomic E-state index is 0.232. The van der Waals surface area contributed by atoms with Gasteiger partial charge in [0.15, 0.2) is 0 Å². The third kappa shape index (κ3) is 5.53. The third-order valence-corrected chi connectivity index (χ3v) is 2.19. The van der Waals surface area contributed by atoms with Crippen LogP contribution in [-0.2, 0) is 4.74 Å². The van der Waals surface area contributed by atoms with Crippen LogP contribution in [0, 0.1) is 17.1 Å². The molecule has 1 amide bonds. The molecule has 0 saturated heterocycles. The van der Waals surface area contributed by atoms with E-state index in [4.69, 9.17) is 10.00 Å². The van der Waals surface area contributed by atoms with Crippen LogP contribution in [0.3, 0.4) is 0 Å². The zero-order valence-electron chi connectivity index (χ0n) is 11.7. The second-order valence-electron chi connectivity index (χ2n) is 5.13. The van der Waals surface area contributed by atoms with Crippen LogP contribution in [-0.4, -0.2) is 18.2 Å². The Bertz CT molecular complexity index is 554. The summed E-state index contributed by atoms with van der Waals surface area (Å²) in [5.74, 6) is -0.413. The van der Waals surface area contributed by atoms with Gasteiger partial charge in [-0.1, -0.05) is 12.2 Å². The number of benzene rings is 1. The molecule has 0 aromatic heterocycles. The highest BCUT2D eigenvalue weighted by Gasteiger charge is 2.14. The van der Waals surface area contributed by atoms with E-state index in [9.17, 15) is 9.18 Å². The first-order valence-corrected chi connectivity index (χ1v) is 6.15. The van der Waals surface area contributed by atoms with Gasteiger partial charge >= 0.3 is 6.09 Å². The fourth-order valence-corrected chi connectivity index (χ4v) is 1.42. The van der Waals surface area contributed by atoms with Gasteiger partial charge in [0.25, 0.3) is 0 Å². The zero-order valence-corrected chi connectivity index (χ0v) is 11.7. The zero-order chi connectivity index (χ0) is 15.2. The molecule has 0 aliphatic heterocycles. The van der Waals surface area contributed by atoms with Gasteiger partial charge in [0.2, 0.25) is 0 Å². The molecule has 1 aromatic carbocycles. The predicted molar refractivity (Wildman–Crippen MR) is 74.4 cm³/mol. The average molecular weight is 276 g/mol. The van der Waals surface area contributed by atoms with Crippen LogP contribution in [0.1, 0.15) is 31.9 Å². The minimum atomic E-state index is -0.551. The van der Waals surface area contributed by atoms with Gasteiger partial charge in [0.05, 0.1) is 11.6 Å². The number of halogens is 1. The predicted octanol–water partition coefficient (Wildman–Crippen LogP) is 3.24. The molecule has 0 fully saturated rings. The number of hydrogen-bond acceptors (Lipinski definition) is 3. The minimum Gasteiger partial charge on any atom is -0.444 e. The molecule has 0 atom stereocenters. The van der Waals surface area contributed by atoms with E-state index in [-0.39, 0.29) is 6.54 Å². The quantitative estimate of drug-likeness (QED) is 0.921. The lowest BCUT2D eigenvalue weighted by molar-refractivity contribution is 0.0534. The van der Waals surface area contributed by atoms with Crippen molar-refractivity contribution in [3.05, 3.63) is 41.2 Å². The van der Waals surface area contributed by atoms with Gasteiger partial charge in [-0.2, -0.15) is 5.26 Å². The lowest BCUT2D eigenvalue weighted by Crippen LogP contribution is -2.32. The van der Waals surface area contributed by atoms with E-state index in [1.165, 1.54) is 18.2 Å². The Hall–Kier alpha value is -2.35. The highest BCUT2D eigenvalue weighted by Crippen LogP contribution is 2.12. The lowest BCUT2D eigenvalue weighted by atomic mass is 10.1. The SMILES string of the molecule is CC(C)(C)OC(=O)NCC=Cc1cc(F)ccc1C#N. The molecular weight excluding hydrogens is 259 g/mol. The van der Waals surface area contributed by atoms with Crippen molar-refractivity contribution in [1.82, 2.24) is 5.32 Å². The summed E-state index contributed by atoms with van der Waals surface area (Å²) in [5, 5.41) is 11.4. The standard InChI is InChI=1S/C15H17FN2O2/c1-15(2,3)20-14(19)18-8-4-5-11-9-13(16)7-6-12(11)10-17/h4-7,9H,8H2,1-3H3,(H,18,19). The molecule has 0 heterocycles. The van der Waals surface area contributed by atoms with Gasteiger partial charge in [-0.15, -0.1) is 0 Å². The Balaban J connectivity index is 2.56. The summed E-state index contributed by atoms with van der Waals surface area (Å²) in [4.78, 5) is 11.4. The topological polar surface area (TPSA) is 62.1 Å². The molecule has 1 rings (SSSR count). The molecule has 0 bridgehead atoms. The second-order valence-corrected chi connectivity index (χ2v) is 5.13. The van der Waals surface area contributed by atoms with Gasteiger partial charge in [0.1, 0.15) is 11.4 Å². The lowest BCUT2D eigenvalue weighted by Gasteiger charge is -2.19. The van der Waals surface area contributed by atoms with E-state index < -0.39 is 17.5 Å². The number of nitriles is 1. The van der Waals surface area contributed by atoms with Gasteiger partial charge in [0, 0.05) is 6.54 Å². The van der Waals surface area contributed by atoms with Gasteiger partial charge in [-0.25, -0.2) is 9.18 Å². The van der Waals surface area contributed by atoms with Crippen LogP contribution in [0.5, 0.6) is 0 Å². The van der Waals surface area contributed by atoms with Crippen LogP contribution >= 0.6 is 0 Å². The number of ether oxygens (including phenoxy) is 1. The third-order valence-electron chi connectivity index (χ3n) is 2.19. The number of nitrogens with zero attached hydrogens (tertiary/aromatic N) is 1. The molecule has 5 heteroatoms. The molecule has 1 N–H and O–H groups in total. The highest BCUT2D eigenvalue weighted by atomic mass is 19.1. The van der Waals surface area contributed by atoms with Crippen molar-refractivity contribution in [3.8, 4) is 6.07 Å². The van der Waals surface area contributed by atoms with E-state index in [0.29, 0.717) is 11.1 Å². The molecule has 0 aliphatic carbocycles. The van der Waals surface area contributed by atoms with Crippen molar-refractivity contribution >= 4 is 12.2 Å². The van der Waals surface area contributed by atoms with Gasteiger partial charge in [-0.05, 0) is 44.5 Å². The molecule has 1 aromatic rings. The maximum Gasteiger partial charge on any atom is 0.407 e. The summed E-state index contributed by atoms with van der Waals surface area (Å²) in [7, 11) is 0. The van der Waals surface area contributed by atoms with Crippen molar-refractivity contribution in [3.63, 3.8) is 0 Å². The van der Waals surface area contributed by atoms with Crippen molar-refractivity contribution < 1.29 is 13.9 Å². The van der Waals surface area contributed by atoms with Crippen LogP contribution in [0.4, 0.5) is 9.18 Å². The van der Waals surface area contributed by atoms with Crippen LogP contribution in [0.2, 0.25) is 0 Å². The highest BCUT2D eigenvalue weighted by molar-refractivity contribution is 5.68. The molecular formula is C15H17FN2O2. The number of amides is 1. The average Bonchev–Trinajstić information content (AvgIpc) is 2.33. The molecule has 0 spiro atoms. The summed E-state index contributed by atoms with van der Waals surface area (Å²) >= 11 is 0. The van der Waals surface area contributed by atoms with Crippen molar-refractivity contribution in [1.29, 1.82) is 5.26 Å². The van der Waals surface area contributed by atoms with Crippen molar-refractivity contribution in [2.45, 2.75) is 26.4 Å². The Morgan fingerprint density at radius 3 is 2.80 bits per heavy atom.